The Morgan fingerprint density at radius 3 is 2.85 bits per heavy atom. The van der Waals surface area contributed by atoms with Gasteiger partial charge in [-0.25, -0.2) is 9.97 Å². The van der Waals surface area contributed by atoms with Crippen molar-refractivity contribution < 1.29 is 9.90 Å². The molecule has 26 heavy (non-hydrogen) atoms. The molecule has 0 aliphatic heterocycles. The van der Waals surface area contributed by atoms with Gasteiger partial charge in [-0.2, -0.15) is 0 Å². The van der Waals surface area contributed by atoms with Crippen molar-refractivity contribution in [2.45, 2.75) is 44.8 Å². The molecule has 1 aliphatic carbocycles. The first-order valence-corrected chi connectivity index (χ1v) is 9.09. The SMILES string of the molecule is O=C(NC1CCCCC1)c1cc(-n2cncc2CO)nc2ccccc12. The highest BCUT2D eigenvalue weighted by Crippen LogP contribution is 2.23. The van der Waals surface area contributed by atoms with E-state index < -0.39 is 0 Å². The minimum Gasteiger partial charge on any atom is -0.390 e. The van der Waals surface area contributed by atoms with Crippen LogP contribution < -0.4 is 5.32 Å². The maximum Gasteiger partial charge on any atom is 0.252 e. The summed E-state index contributed by atoms with van der Waals surface area (Å²) >= 11 is 0. The van der Waals surface area contributed by atoms with E-state index in [0.717, 1.165) is 23.7 Å². The molecular weight excluding hydrogens is 328 g/mol. The average molecular weight is 350 g/mol. The van der Waals surface area contributed by atoms with Gasteiger partial charge in [0.25, 0.3) is 5.91 Å². The van der Waals surface area contributed by atoms with Gasteiger partial charge in [0.1, 0.15) is 12.1 Å². The summed E-state index contributed by atoms with van der Waals surface area (Å²) < 4.78 is 1.71. The molecule has 2 heterocycles. The lowest BCUT2D eigenvalue weighted by Gasteiger charge is -2.23. The van der Waals surface area contributed by atoms with Crippen molar-refractivity contribution in [1.29, 1.82) is 0 Å². The number of pyridine rings is 1. The number of fused-ring (bicyclic) bond motifs is 1. The van der Waals surface area contributed by atoms with Gasteiger partial charge in [-0.1, -0.05) is 37.5 Å². The maximum atomic E-state index is 13.0. The molecule has 2 aromatic heterocycles. The molecule has 2 N–H and O–H groups in total. The van der Waals surface area contributed by atoms with Gasteiger partial charge in [0.15, 0.2) is 0 Å². The molecule has 1 amide bonds. The predicted octanol–water partition coefficient (Wildman–Crippen LogP) is 2.98. The van der Waals surface area contributed by atoms with Gasteiger partial charge in [0, 0.05) is 11.4 Å². The lowest BCUT2D eigenvalue weighted by molar-refractivity contribution is 0.0929. The summed E-state index contributed by atoms with van der Waals surface area (Å²) in [6, 6.07) is 9.66. The Hall–Kier alpha value is -2.73. The summed E-state index contributed by atoms with van der Waals surface area (Å²) in [5, 5.41) is 13.5. The molecule has 6 nitrogen and oxygen atoms in total. The summed E-state index contributed by atoms with van der Waals surface area (Å²) in [6.45, 7) is -0.141. The van der Waals surface area contributed by atoms with Crippen molar-refractivity contribution in [3.8, 4) is 5.82 Å². The Morgan fingerprint density at radius 1 is 1.23 bits per heavy atom. The zero-order chi connectivity index (χ0) is 17.9. The van der Waals surface area contributed by atoms with E-state index in [2.05, 4.69) is 15.3 Å². The summed E-state index contributed by atoms with van der Waals surface area (Å²) in [6.07, 6.45) is 8.86. The topological polar surface area (TPSA) is 80.0 Å². The van der Waals surface area contributed by atoms with E-state index in [1.807, 2.05) is 24.3 Å². The van der Waals surface area contributed by atoms with Crippen molar-refractivity contribution in [3.63, 3.8) is 0 Å². The largest absolute Gasteiger partial charge is 0.390 e. The van der Waals surface area contributed by atoms with Crippen LogP contribution in [0, 0.1) is 0 Å². The first-order chi connectivity index (χ1) is 12.8. The number of hydrogen-bond acceptors (Lipinski definition) is 4. The van der Waals surface area contributed by atoms with Crippen LogP contribution in [0.4, 0.5) is 0 Å². The number of imidazole rings is 1. The number of aliphatic hydroxyl groups excluding tert-OH is 1. The van der Waals surface area contributed by atoms with Gasteiger partial charge in [0.05, 0.1) is 29.6 Å². The fourth-order valence-electron chi connectivity index (χ4n) is 3.63. The van der Waals surface area contributed by atoms with Gasteiger partial charge in [0.2, 0.25) is 0 Å². The minimum absolute atomic E-state index is 0.0672. The molecule has 1 saturated carbocycles. The number of nitrogens with one attached hydrogen (secondary N) is 1. The van der Waals surface area contributed by atoms with E-state index in [9.17, 15) is 9.90 Å². The Bertz CT molecular complexity index is 928. The molecule has 0 saturated heterocycles. The highest BCUT2D eigenvalue weighted by Gasteiger charge is 2.19. The van der Waals surface area contributed by atoms with Crippen LogP contribution in [0.5, 0.6) is 0 Å². The highest BCUT2D eigenvalue weighted by atomic mass is 16.3. The molecule has 6 heteroatoms. The van der Waals surface area contributed by atoms with Gasteiger partial charge in [-0.3, -0.25) is 9.36 Å². The van der Waals surface area contributed by atoms with E-state index in [4.69, 9.17) is 0 Å². The lowest BCUT2D eigenvalue weighted by Crippen LogP contribution is -2.36. The van der Waals surface area contributed by atoms with Crippen molar-refractivity contribution in [3.05, 3.63) is 54.1 Å². The molecule has 3 aromatic rings. The Morgan fingerprint density at radius 2 is 2.04 bits per heavy atom. The van der Waals surface area contributed by atoms with Gasteiger partial charge < -0.3 is 10.4 Å². The number of carbonyl (C=O) groups excluding carboxylic acids is 1. The first kappa shape index (κ1) is 16.7. The number of para-hydroxylation sites is 1. The molecular formula is C20H22N4O2. The van der Waals surface area contributed by atoms with E-state index in [1.165, 1.54) is 19.3 Å². The third kappa shape index (κ3) is 3.20. The van der Waals surface area contributed by atoms with Crippen molar-refractivity contribution in [2.24, 2.45) is 0 Å². The number of aromatic nitrogens is 3. The Kier molecular flexibility index (Phi) is 4.67. The maximum absolute atomic E-state index is 13.0. The normalized spacial score (nSPS) is 15.3. The summed E-state index contributed by atoms with van der Waals surface area (Å²) in [5.74, 6) is 0.515. The molecule has 1 fully saturated rings. The predicted molar refractivity (Wildman–Crippen MR) is 99.1 cm³/mol. The number of carbonyl (C=O) groups is 1. The third-order valence-electron chi connectivity index (χ3n) is 5.01. The number of rotatable bonds is 4. The summed E-state index contributed by atoms with van der Waals surface area (Å²) in [4.78, 5) is 21.7. The number of amides is 1. The van der Waals surface area contributed by atoms with Gasteiger partial charge >= 0.3 is 0 Å². The molecule has 1 aliphatic rings. The second-order valence-corrected chi connectivity index (χ2v) is 6.77. The zero-order valence-corrected chi connectivity index (χ0v) is 14.6. The average Bonchev–Trinajstić information content (AvgIpc) is 3.16. The number of benzene rings is 1. The molecule has 1 aromatic carbocycles. The van der Waals surface area contributed by atoms with Crippen LogP contribution in [0.25, 0.3) is 16.7 Å². The lowest BCUT2D eigenvalue weighted by atomic mass is 9.95. The van der Waals surface area contributed by atoms with Gasteiger partial charge in [-0.15, -0.1) is 0 Å². The van der Waals surface area contributed by atoms with E-state index >= 15 is 0 Å². The van der Waals surface area contributed by atoms with E-state index in [0.29, 0.717) is 17.1 Å². The molecule has 0 atom stereocenters. The third-order valence-corrected chi connectivity index (χ3v) is 5.01. The van der Waals surface area contributed by atoms with Crippen LogP contribution in [0.3, 0.4) is 0 Å². The molecule has 0 radical (unpaired) electrons. The first-order valence-electron chi connectivity index (χ1n) is 9.09. The van der Waals surface area contributed by atoms with Crippen molar-refractivity contribution in [2.75, 3.05) is 0 Å². The molecule has 4 rings (SSSR count). The van der Waals surface area contributed by atoms with Crippen LogP contribution >= 0.6 is 0 Å². The van der Waals surface area contributed by atoms with Crippen LogP contribution in [0.2, 0.25) is 0 Å². The fraction of sp³-hybridized carbons (Fsp3) is 0.350. The van der Waals surface area contributed by atoms with E-state index in [1.54, 1.807) is 23.2 Å². The molecule has 134 valence electrons. The number of hydrogen-bond donors (Lipinski definition) is 2. The molecule has 0 unspecified atom stereocenters. The monoisotopic (exact) mass is 350 g/mol. The smallest absolute Gasteiger partial charge is 0.252 e. The zero-order valence-electron chi connectivity index (χ0n) is 14.6. The number of aliphatic hydroxyl groups is 1. The van der Waals surface area contributed by atoms with Crippen molar-refractivity contribution >= 4 is 16.8 Å². The second kappa shape index (κ2) is 7.25. The molecule has 0 spiro atoms. The quantitative estimate of drug-likeness (QED) is 0.758. The van der Waals surface area contributed by atoms with Crippen molar-refractivity contribution in [1.82, 2.24) is 19.9 Å². The second-order valence-electron chi connectivity index (χ2n) is 6.77. The Balaban J connectivity index is 1.76. The Labute approximate surface area is 151 Å². The van der Waals surface area contributed by atoms with E-state index in [-0.39, 0.29) is 18.6 Å². The summed E-state index contributed by atoms with van der Waals surface area (Å²) in [5.41, 5.74) is 1.98. The van der Waals surface area contributed by atoms with Crippen LogP contribution in [-0.2, 0) is 6.61 Å². The summed E-state index contributed by atoms with van der Waals surface area (Å²) in [7, 11) is 0. The van der Waals surface area contributed by atoms with Crippen LogP contribution in [0.1, 0.15) is 48.2 Å². The minimum atomic E-state index is -0.141. The van der Waals surface area contributed by atoms with Gasteiger partial charge in [-0.05, 0) is 25.0 Å². The fourth-order valence-corrected chi connectivity index (χ4v) is 3.63. The van der Waals surface area contributed by atoms with Crippen LogP contribution in [0.15, 0.2) is 42.9 Å². The molecule has 0 bridgehead atoms. The highest BCUT2D eigenvalue weighted by molar-refractivity contribution is 6.06. The van der Waals surface area contributed by atoms with Crippen LogP contribution in [-0.4, -0.2) is 31.6 Å². The number of nitrogens with zero attached hydrogens (tertiary/aromatic N) is 3. The standard InChI is InChI=1S/C20H22N4O2/c25-12-15-11-21-13-24(15)19-10-17(16-8-4-5-9-18(16)23-19)20(26)22-14-6-2-1-3-7-14/h4-5,8-11,13-14,25H,1-3,6-7,12H2,(H,22,26).